The smallest absolute Gasteiger partial charge is 0.0195 e. The first-order valence-electron chi connectivity index (χ1n) is 5.14. The lowest BCUT2D eigenvalue weighted by Gasteiger charge is -2.41. The van der Waals surface area contributed by atoms with Gasteiger partial charge in [-0.05, 0) is 27.2 Å². The zero-order valence-electron chi connectivity index (χ0n) is 8.80. The van der Waals surface area contributed by atoms with E-state index in [1.54, 1.807) is 0 Å². The standard InChI is InChI=1S/C10H22N2/c1-5-10-7-12(8(2)3)9(4)6-11-10/h8-11H,5-7H2,1-4H3. The first-order valence-corrected chi connectivity index (χ1v) is 5.14. The van der Waals surface area contributed by atoms with E-state index in [0.717, 1.165) is 6.54 Å². The molecule has 0 saturated carbocycles. The monoisotopic (exact) mass is 170 g/mol. The van der Waals surface area contributed by atoms with Crippen molar-refractivity contribution in [1.82, 2.24) is 10.2 Å². The highest BCUT2D eigenvalue weighted by atomic mass is 15.2. The Hall–Kier alpha value is -0.0800. The molecule has 1 N–H and O–H groups in total. The summed E-state index contributed by atoms with van der Waals surface area (Å²) in [6, 6.07) is 2.10. The molecule has 0 radical (unpaired) electrons. The van der Waals surface area contributed by atoms with Gasteiger partial charge in [0.15, 0.2) is 0 Å². The maximum Gasteiger partial charge on any atom is 0.0195 e. The average molecular weight is 170 g/mol. The molecule has 12 heavy (non-hydrogen) atoms. The summed E-state index contributed by atoms with van der Waals surface area (Å²) >= 11 is 0. The quantitative estimate of drug-likeness (QED) is 0.675. The summed E-state index contributed by atoms with van der Waals surface area (Å²) in [5.41, 5.74) is 0. The Morgan fingerprint density at radius 2 is 2.17 bits per heavy atom. The van der Waals surface area contributed by atoms with Crippen LogP contribution in [0.2, 0.25) is 0 Å². The van der Waals surface area contributed by atoms with Gasteiger partial charge in [-0.3, -0.25) is 4.90 Å². The number of nitrogens with zero attached hydrogens (tertiary/aromatic N) is 1. The molecular weight excluding hydrogens is 148 g/mol. The minimum Gasteiger partial charge on any atom is -0.311 e. The van der Waals surface area contributed by atoms with Crippen molar-refractivity contribution in [3.8, 4) is 0 Å². The van der Waals surface area contributed by atoms with Crippen LogP contribution in [0, 0.1) is 0 Å². The maximum atomic E-state index is 3.56. The van der Waals surface area contributed by atoms with Gasteiger partial charge in [0.2, 0.25) is 0 Å². The van der Waals surface area contributed by atoms with Gasteiger partial charge in [-0.1, -0.05) is 6.92 Å². The van der Waals surface area contributed by atoms with Crippen LogP contribution in [0.15, 0.2) is 0 Å². The molecule has 2 atom stereocenters. The van der Waals surface area contributed by atoms with Crippen molar-refractivity contribution in [1.29, 1.82) is 0 Å². The molecule has 0 spiro atoms. The van der Waals surface area contributed by atoms with Crippen molar-refractivity contribution in [2.75, 3.05) is 13.1 Å². The second-order valence-electron chi connectivity index (χ2n) is 4.15. The van der Waals surface area contributed by atoms with E-state index in [2.05, 4.69) is 37.9 Å². The number of hydrogen-bond donors (Lipinski definition) is 1. The Kier molecular flexibility index (Phi) is 3.53. The molecule has 2 heteroatoms. The van der Waals surface area contributed by atoms with Crippen LogP contribution in [-0.2, 0) is 0 Å². The minimum absolute atomic E-state index is 0.691. The maximum absolute atomic E-state index is 3.56. The molecule has 0 aromatic heterocycles. The number of rotatable bonds is 2. The minimum atomic E-state index is 0.691. The van der Waals surface area contributed by atoms with Crippen LogP contribution < -0.4 is 5.32 Å². The average Bonchev–Trinajstić information content (AvgIpc) is 2.05. The molecule has 2 nitrogen and oxygen atoms in total. The summed E-state index contributed by atoms with van der Waals surface area (Å²) in [5, 5.41) is 3.56. The van der Waals surface area contributed by atoms with Crippen LogP contribution in [0.3, 0.4) is 0 Å². The van der Waals surface area contributed by atoms with Gasteiger partial charge in [0.25, 0.3) is 0 Å². The fourth-order valence-electron chi connectivity index (χ4n) is 1.95. The summed E-state index contributed by atoms with van der Waals surface area (Å²) in [6.45, 7) is 11.5. The normalized spacial score (nSPS) is 32.8. The molecule has 1 aliphatic rings. The summed E-state index contributed by atoms with van der Waals surface area (Å²) < 4.78 is 0. The molecule has 1 heterocycles. The number of piperazine rings is 1. The summed E-state index contributed by atoms with van der Waals surface area (Å²) in [4.78, 5) is 2.59. The van der Waals surface area contributed by atoms with Crippen molar-refractivity contribution in [3.05, 3.63) is 0 Å². The molecule has 0 aromatic rings. The predicted octanol–water partition coefficient (Wildman–Crippen LogP) is 1.47. The number of nitrogens with one attached hydrogen (secondary N) is 1. The van der Waals surface area contributed by atoms with E-state index in [9.17, 15) is 0 Å². The zero-order valence-corrected chi connectivity index (χ0v) is 8.80. The molecule has 0 aliphatic carbocycles. The van der Waals surface area contributed by atoms with Crippen LogP contribution >= 0.6 is 0 Å². The SMILES string of the molecule is CCC1CN(C(C)C)C(C)CN1. The van der Waals surface area contributed by atoms with E-state index >= 15 is 0 Å². The molecule has 1 saturated heterocycles. The molecule has 1 aliphatic heterocycles. The Labute approximate surface area is 76.3 Å². The van der Waals surface area contributed by atoms with E-state index in [4.69, 9.17) is 0 Å². The Balaban J connectivity index is 2.47. The molecule has 72 valence electrons. The highest BCUT2D eigenvalue weighted by molar-refractivity contribution is 4.84. The van der Waals surface area contributed by atoms with Crippen LogP contribution in [0.25, 0.3) is 0 Å². The number of hydrogen-bond acceptors (Lipinski definition) is 2. The highest BCUT2D eigenvalue weighted by Gasteiger charge is 2.25. The van der Waals surface area contributed by atoms with Crippen LogP contribution in [-0.4, -0.2) is 36.1 Å². The molecule has 1 rings (SSSR count). The Morgan fingerprint density at radius 3 is 2.67 bits per heavy atom. The highest BCUT2D eigenvalue weighted by Crippen LogP contribution is 2.11. The summed E-state index contributed by atoms with van der Waals surface area (Å²) in [6.07, 6.45) is 1.25. The van der Waals surface area contributed by atoms with Crippen LogP contribution in [0.5, 0.6) is 0 Å². The largest absolute Gasteiger partial charge is 0.311 e. The van der Waals surface area contributed by atoms with Gasteiger partial charge >= 0.3 is 0 Å². The second-order valence-corrected chi connectivity index (χ2v) is 4.15. The van der Waals surface area contributed by atoms with E-state index in [0.29, 0.717) is 18.1 Å². The third-order valence-corrected chi connectivity index (χ3v) is 2.86. The molecule has 0 aromatic carbocycles. The van der Waals surface area contributed by atoms with Crippen molar-refractivity contribution < 1.29 is 0 Å². The van der Waals surface area contributed by atoms with Gasteiger partial charge < -0.3 is 5.32 Å². The van der Waals surface area contributed by atoms with Crippen molar-refractivity contribution in [2.24, 2.45) is 0 Å². The van der Waals surface area contributed by atoms with Gasteiger partial charge in [0, 0.05) is 31.2 Å². The first kappa shape index (κ1) is 10.0. The summed E-state index contributed by atoms with van der Waals surface area (Å²) in [5.74, 6) is 0. The Bertz CT molecular complexity index is 134. The topological polar surface area (TPSA) is 15.3 Å². The lowest BCUT2D eigenvalue weighted by atomic mass is 10.1. The van der Waals surface area contributed by atoms with Crippen LogP contribution in [0.1, 0.15) is 34.1 Å². The van der Waals surface area contributed by atoms with Gasteiger partial charge in [-0.25, -0.2) is 0 Å². The molecule has 1 fully saturated rings. The lowest BCUT2D eigenvalue weighted by molar-refractivity contribution is 0.106. The third-order valence-electron chi connectivity index (χ3n) is 2.86. The van der Waals surface area contributed by atoms with E-state index in [1.165, 1.54) is 13.0 Å². The van der Waals surface area contributed by atoms with E-state index in [1.807, 2.05) is 0 Å². The molecule has 2 unspecified atom stereocenters. The Morgan fingerprint density at radius 1 is 1.50 bits per heavy atom. The predicted molar refractivity (Wildman–Crippen MR) is 53.4 cm³/mol. The molecular formula is C10H22N2. The fraction of sp³-hybridized carbons (Fsp3) is 1.00. The van der Waals surface area contributed by atoms with E-state index < -0.39 is 0 Å². The zero-order chi connectivity index (χ0) is 9.14. The summed E-state index contributed by atoms with van der Waals surface area (Å²) in [7, 11) is 0. The molecule has 0 amide bonds. The fourth-order valence-corrected chi connectivity index (χ4v) is 1.95. The van der Waals surface area contributed by atoms with E-state index in [-0.39, 0.29) is 0 Å². The van der Waals surface area contributed by atoms with Crippen LogP contribution in [0.4, 0.5) is 0 Å². The van der Waals surface area contributed by atoms with Gasteiger partial charge in [-0.2, -0.15) is 0 Å². The van der Waals surface area contributed by atoms with Gasteiger partial charge in [0.05, 0.1) is 0 Å². The first-order chi connectivity index (χ1) is 5.65. The van der Waals surface area contributed by atoms with Crippen molar-refractivity contribution in [3.63, 3.8) is 0 Å². The molecule has 0 bridgehead atoms. The van der Waals surface area contributed by atoms with Crippen molar-refractivity contribution in [2.45, 2.75) is 52.2 Å². The van der Waals surface area contributed by atoms with Gasteiger partial charge in [0.1, 0.15) is 0 Å². The third kappa shape index (κ3) is 2.20. The second kappa shape index (κ2) is 4.24. The van der Waals surface area contributed by atoms with Crippen molar-refractivity contribution >= 4 is 0 Å². The van der Waals surface area contributed by atoms with Gasteiger partial charge in [-0.15, -0.1) is 0 Å². The lowest BCUT2D eigenvalue weighted by Crippen LogP contribution is -2.57.